The average molecular weight is 872 g/mol. The topological polar surface area (TPSA) is 192 Å². The van der Waals surface area contributed by atoms with E-state index in [2.05, 4.69) is 30.9 Å². The summed E-state index contributed by atoms with van der Waals surface area (Å²) in [5, 5.41) is 22.2. The molecule has 0 aromatic heterocycles. The van der Waals surface area contributed by atoms with Gasteiger partial charge >= 0.3 is 12.1 Å². The van der Waals surface area contributed by atoms with E-state index < -0.39 is 44.7 Å². The average Bonchev–Trinajstić information content (AvgIpc) is 3.67. The van der Waals surface area contributed by atoms with Crippen LogP contribution < -0.4 is 29.2 Å². The number of carboxylic acid groups (broad SMARTS) is 1. The molecule has 4 unspecified atom stereocenters. The van der Waals surface area contributed by atoms with Gasteiger partial charge in [-0.1, -0.05) is 37.7 Å². The number of terminal acetylenes is 1. The Balaban J connectivity index is 1.15. The molecule has 0 spiro atoms. The zero-order valence-corrected chi connectivity index (χ0v) is 36.5. The molecule has 3 aliphatic heterocycles. The number of anilines is 1. The Morgan fingerprint density at radius 1 is 0.984 bits per heavy atom. The number of hydrogen-bond donors (Lipinski definition) is 3. The van der Waals surface area contributed by atoms with Crippen molar-refractivity contribution in [1.82, 2.24) is 10.2 Å². The van der Waals surface area contributed by atoms with Gasteiger partial charge in [0.15, 0.2) is 6.10 Å². The van der Waals surface area contributed by atoms with Crippen molar-refractivity contribution in [3.63, 3.8) is 0 Å². The lowest BCUT2D eigenvalue weighted by atomic mass is 10.0. The number of benzene rings is 3. The lowest BCUT2D eigenvalue weighted by Gasteiger charge is -2.31. The second-order valence-electron chi connectivity index (χ2n) is 16.3. The molecule has 3 aromatic carbocycles. The standard InChI is InChI=1S/C45H53N3O13Si/c1-7-16-58-39-23-34(60-41-22-32(49)21-40(61-41)44(52)53)13-10-30(39)26-59-45(54)46-15-14-29-19-36-35(24-38(29)56-3)42(50)47-25-31(28-8-11-33(55-2)12-9-28)20-37(47)43(51)48(36)27-57-17-18-62(4,5)6/h1,8-13,19,23-25,32,37,40-41,49H,14-18,20-22,26-27H2,2-6H3,(H,46,54)(H,52,53). The van der Waals surface area contributed by atoms with E-state index in [1.165, 1.54) is 23.0 Å². The van der Waals surface area contributed by atoms with Gasteiger partial charge in [0.1, 0.15) is 49.0 Å². The molecule has 330 valence electrons. The van der Waals surface area contributed by atoms with E-state index in [0.717, 1.165) is 17.2 Å². The number of fused-ring (bicyclic) bond motifs is 2. The number of ether oxygens (including phenoxy) is 7. The maximum Gasteiger partial charge on any atom is 0.407 e. The van der Waals surface area contributed by atoms with Gasteiger partial charge in [-0.3, -0.25) is 14.5 Å². The number of methoxy groups -OCH3 is 2. The van der Waals surface area contributed by atoms with Crippen molar-refractivity contribution in [1.29, 1.82) is 0 Å². The summed E-state index contributed by atoms with van der Waals surface area (Å²) in [7, 11) is 1.64. The predicted molar refractivity (Wildman–Crippen MR) is 230 cm³/mol. The molecule has 0 bridgehead atoms. The van der Waals surface area contributed by atoms with E-state index in [4.69, 9.17) is 39.6 Å². The van der Waals surface area contributed by atoms with Crippen molar-refractivity contribution in [2.24, 2.45) is 0 Å². The number of carboxylic acids is 1. The van der Waals surface area contributed by atoms with Crippen molar-refractivity contribution < 1.29 is 62.5 Å². The maximum atomic E-state index is 14.4. The van der Waals surface area contributed by atoms with Crippen LogP contribution in [0.5, 0.6) is 23.0 Å². The third kappa shape index (κ3) is 11.2. The minimum Gasteiger partial charge on any atom is -0.497 e. The lowest BCUT2D eigenvalue weighted by molar-refractivity contribution is -0.195. The number of nitrogens with one attached hydrogen (secondary N) is 1. The Morgan fingerprint density at radius 2 is 1.74 bits per heavy atom. The highest BCUT2D eigenvalue weighted by Gasteiger charge is 2.43. The largest absolute Gasteiger partial charge is 0.497 e. The molecule has 0 radical (unpaired) electrons. The molecule has 16 nitrogen and oxygen atoms in total. The van der Waals surface area contributed by atoms with Crippen molar-refractivity contribution in [2.75, 3.05) is 45.6 Å². The highest BCUT2D eigenvalue weighted by Crippen LogP contribution is 2.40. The second-order valence-corrected chi connectivity index (χ2v) is 21.9. The van der Waals surface area contributed by atoms with Crippen LogP contribution in [0.15, 0.2) is 60.8 Å². The summed E-state index contributed by atoms with van der Waals surface area (Å²) in [4.78, 5) is 56.2. The van der Waals surface area contributed by atoms with Crippen LogP contribution in [0.1, 0.15) is 46.3 Å². The zero-order valence-electron chi connectivity index (χ0n) is 35.5. The number of carbonyl (C=O) groups is 4. The third-order valence-electron chi connectivity index (χ3n) is 10.6. The highest BCUT2D eigenvalue weighted by molar-refractivity contribution is 6.76. The summed E-state index contributed by atoms with van der Waals surface area (Å²) in [6.45, 7) is 6.98. The zero-order chi connectivity index (χ0) is 44.6. The number of carbonyl (C=O) groups excluding carboxylic acids is 3. The first-order valence-corrected chi connectivity index (χ1v) is 24.0. The third-order valence-corrected chi connectivity index (χ3v) is 12.3. The number of nitrogens with zero attached hydrogens (tertiary/aromatic N) is 2. The molecule has 3 N–H and O–H groups in total. The van der Waals surface area contributed by atoms with Crippen LogP contribution in [0.25, 0.3) is 5.57 Å². The Bertz CT molecular complexity index is 2200. The van der Waals surface area contributed by atoms with Crippen LogP contribution in [0, 0.1) is 12.3 Å². The van der Waals surface area contributed by atoms with Crippen LogP contribution in [0.3, 0.4) is 0 Å². The molecule has 0 saturated carbocycles. The number of aliphatic carboxylic acids is 1. The molecule has 1 fully saturated rings. The van der Waals surface area contributed by atoms with Gasteiger partial charge in [0.25, 0.3) is 11.8 Å². The molecule has 3 heterocycles. The summed E-state index contributed by atoms with van der Waals surface area (Å²) < 4.78 is 39.6. The van der Waals surface area contributed by atoms with E-state index in [0.29, 0.717) is 41.3 Å². The molecular formula is C45H53N3O13Si. The van der Waals surface area contributed by atoms with Crippen molar-refractivity contribution in [2.45, 2.75) is 82.5 Å². The summed E-state index contributed by atoms with van der Waals surface area (Å²) in [5.74, 6) is 2.18. The van der Waals surface area contributed by atoms with Crippen molar-refractivity contribution in [3.8, 4) is 35.3 Å². The molecule has 3 aliphatic rings. The van der Waals surface area contributed by atoms with E-state index in [-0.39, 0.29) is 74.6 Å². The Hall–Kier alpha value is -6.06. The lowest BCUT2D eigenvalue weighted by Crippen LogP contribution is -2.45. The fourth-order valence-corrected chi connectivity index (χ4v) is 8.00. The molecule has 4 atom stereocenters. The molecule has 1 saturated heterocycles. The summed E-state index contributed by atoms with van der Waals surface area (Å²) in [6.07, 6.45) is 3.88. The van der Waals surface area contributed by atoms with E-state index >= 15 is 0 Å². The van der Waals surface area contributed by atoms with Gasteiger partial charge in [-0.25, -0.2) is 9.59 Å². The van der Waals surface area contributed by atoms with Crippen LogP contribution in [-0.4, -0.2) is 112 Å². The van der Waals surface area contributed by atoms with Gasteiger partial charge < -0.3 is 53.6 Å². The minimum absolute atomic E-state index is 0.0505. The number of hydrogen-bond acceptors (Lipinski definition) is 12. The monoisotopic (exact) mass is 871 g/mol. The normalized spacial score (nSPS) is 19.7. The highest BCUT2D eigenvalue weighted by atomic mass is 28.3. The smallest absolute Gasteiger partial charge is 0.407 e. The van der Waals surface area contributed by atoms with Gasteiger partial charge in [-0.05, 0) is 65.6 Å². The maximum absolute atomic E-state index is 14.4. The summed E-state index contributed by atoms with van der Waals surface area (Å²) in [5.41, 5.74) is 3.50. The van der Waals surface area contributed by atoms with Gasteiger partial charge in [0, 0.05) is 58.3 Å². The fourth-order valence-electron chi connectivity index (χ4n) is 7.24. The quantitative estimate of drug-likeness (QED) is 0.0834. The first-order chi connectivity index (χ1) is 29.7. The van der Waals surface area contributed by atoms with Gasteiger partial charge in [0.2, 0.25) is 6.29 Å². The minimum atomic E-state index is -1.44. The Kier molecular flexibility index (Phi) is 14.8. The predicted octanol–water partition coefficient (Wildman–Crippen LogP) is 5.43. The van der Waals surface area contributed by atoms with E-state index in [1.54, 1.807) is 37.6 Å². The second kappa shape index (κ2) is 20.2. The molecule has 3 amide bonds. The number of amides is 3. The number of aliphatic hydroxyl groups is 1. The van der Waals surface area contributed by atoms with Gasteiger partial charge in [0.05, 0.1) is 31.6 Å². The van der Waals surface area contributed by atoms with Crippen LogP contribution in [0.2, 0.25) is 25.7 Å². The summed E-state index contributed by atoms with van der Waals surface area (Å²) in [6, 6.07) is 15.7. The first kappa shape index (κ1) is 45.5. The summed E-state index contributed by atoms with van der Waals surface area (Å²) >= 11 is 0. The molecule has 62 heavy (non-hydrogen) atoms. The van der Waals surface area contributed by atoms with Crippen LogP contribution >= 0.6 is 0 Å². The first-order valence-electron chi connectivity index (χ1n) is 20.3. The van der Waals surface area contributed by atoms with Crippen molar-refractivity contribution >= 4 is 43.2 Å². The Morgan fingerprint density at radius 3 is 2.44 bits per heavy atom. The molecule has 3 aromatic rings. The molecule has 6 rings (SSSR count). The molecular weight excluding hydrogens is 819 g/mol. The number of alkyl carbamates (subject to hydrolysis) is 1. The SMILES string of the molecule is C#CCOc1cc(OC2CC(O)CC(C(=O)O)O2)ccc1COC(=O)NCCc1cc2c(cc1OC)C(=O)N1C=C(c3ccc(OC)cc3)CC1C(=O)N2COCC[Si](C)(C)C. The fraction of sp³-hybridized carbons (Fsp3) is 0.422. The van der Waals surface area contributed by atoms with Crippen LogP contribution in [0.4, 0.5) is 10.5 Å². The van der Waals surface area contributed by atoms with Crippen molar-refractivity contribution in [3.05, 3.63) is 83.1 Å². The van der Waals surface area contributed by atoms with Crippen LogP contribution in [-0.2, 0) is 36.8 Å². The van der Waals surface area contributed by atoms with Gasteiger partial charge in [-0.2, -0.15) is 0 Å². The molecule has 17 heteroatoms. The molecule has 0 aliphatic carbocycles. The number of rotatable bonds is 18. The van der Waals surface area contributed by atoms with Gasteiger partial charge in [-0.15, -0.1) is 6.42 Å². The Labute approximate surface area is 361 Å². The van der Waals surface area contributed by atoms with E-state index in [1.807, 2.05) is 24.3 Å². The van der Waals surface area contributed by atoms with E-state index in [9.17, 15) is 29.4 Å². The number of aliphatic hydroxyl groups excluding tert-OH is 1.